The second-order valence-electron chi connectivity index (χ2n) is 6.98. The highest BCUT2D eigenvalue weighted by molar-refractivity contribution is 9.10. The Morgan fingerprint density at radius 3 is 2.41 bits per heavy atom. The Bertz CT molecular complexity index is 1070. The number of carbonyl (C=O) groups excluding carboxylic acids is 3. The van der Waals surface area contributed by atoms with Crippen LogP contribution < -0.4 is 20.1 Å². The Kier molecular flexibility index (Phi) is 7.53. The molecule has 1 heterocycles. The summed E-state index contributed by atoms with van der Waals surface area (Å²) in [6.07, 6.45) is 1.52. The number of nitrogens with zero attached hydrogens (tertiary/aromatic N) is 1. The van der Waals surface area contributed by atoms with Gasteiger partial charge in [-0.25, -0.2) is 9.69 Å². The maximum absolute atomic E-state index is 12.8. The van der Waals surface area contributed by atoms with Crippen LogP contribution in [0.15, 0.2) is 46.6 Å². The van der Waals surface area contributed by atoms with Crippen LogP contribution in [0.25, 0.3) is 6.08 Å². The van der Waals surface area contributed by atoms with Crippen molar-refractivity contribution in [2.45, 2.75) is 20.8 Å². The molecule has 4 amide bonds. The summed E-state index contributed by atoms with van der Waals surface area (Å²) in [7, 11) is 0. The number of amides is 4. The molecule has 1 saturated heterocycles. The molecule has 0 unspecified atom stereocenters. The Labute approximate surface area is 194 Å². The second kappa shape index (κ2) is 10.3. The number of hydrogen-bond acceptors (Lipinski definition) is 5. The number of aryl methyl sites for hydroxylation is 1. The molecule has 168 valence electrons. The maximum Gasteiger partial charge on any atom is 0.329 e. The van der Waals surface area contributed by atoms with E-state index in [1.54, 1.807) is 24.3 Å². The van der Waals surface area contributed by atoms with Crippen molar-refractivity contribution in [2.75, 3.05) is 25.1 Å². The van der Waals surface area contributed by atoms with Crippen molar-refractivity contribution < 1.29 is 23.9 Å². The van der Waals surface area contributed by atoms with Crippen molar-refractivity contribution in [3.63, 3.8) is 0 Å². The number of anilines is 1. The zero-order valence-corrected chi connectivity index (χ0v) is 19.6. The highest BCUT2D eigenvalue weighted by Crippen LogP contribution is 2.34. The normalized spacial score (nSPS) is 14.5. The van der Waals surface area contributed by atoms with Crippen LogP contribution in [0.4, 0.5) is 10.5 Å². The topological polar surface area (TPSA) is 97.0 Å². The van der Waals surface area contributed by atoms with Gasteiger partial charge in [-0.15, -0.1) is 0 Å². The number of urea groups is 1. The summed E-state index contributed by atoms with van der Waals surface area (Å²) in [5, 5.41) is 5.20. The molecule has 0 atom stereocenters. The van der Waals surface area contributed by atoms with Crippen molar-refractivity contribution in [1.29, 1.82) is 0 Å². The van der Waals surface area contributed by atoms with Crippen molar-refractivity contribution in [2.24, 2.45) is 0 Å². The molecule has 8 nitrogen and oxygen atoms in total. The molecule has 1 fully saturated rings. The number of rotatable bonds is 8. The minimum absolute atomic E-state index is 0.0511. The van der Waals surface area contributed by atoms with E-state index in [0.29, 0.717) is 40.4 Å². The van der Waals surface area contributed by atoms with E-state index in [1.165, 1.54) is 6.08 Å². The molecular weight excluding hydrogens is 478 g/mol. The predicted molar refractivity (Wildman–Crippen MR) is 125 cm³/mol. The molecule has 0 bridgehead atoms. The van der Waals surface area contributed by atoms with Crippen molar-refractivity contribution >= 4 is 45.5 Å². The number of nitrogens with one attached hydrogen (secondary N) is 2. The highest BCUT2D eigenvalue weighted by Gasteiger charge is 2.35. The summed E-state index contributed by atoms with van der Waals surface area (Å²) in [6.45, 7) is 6.15. The summed E-state index contributed by atoms with van der Waals surface area (Å²) >= 11 is 3.44. The van der Waals surface area contributed by atoms with Gasteiger partial charge in [0.25, 0.3) is 5.91 Å². The van der Waals surface area contributed by atoms with Gasteiger partial charge in [-0.2, -0.15) is 0 Å². The molecule has 3 rings (SSSR count). The number of hydrogen-bond donors (Lipinski definition) is 2. The van der Waals surface area contributed by atoms with Gasteiger partial charge in [0, 0.05) is 17.3 Å². The first-order valence-electron chi connectivity index (χ1n) is 10.1. The lowest BCUT2D eigenvalue weighted by Gasteiger charge is -2.13. The van der Waals surface area contributed by atoms with Crippen LogP contribution in [0.1, 0.15) is 25.0 Å². The molecule has 2 N–H and O–H groups in total. The van der Waals surface area contributed by atoms with E-state index in [1.807, 2.05) is 32.9 Å². The fourth-order valence-electron chi connectivity index (χ4n) is 3.06. The molecular formula is C23H24BrN3O5. The lowest BCUT2D eigenvalue weighted by atomic mass is 10.1. The van der Waals surface area contributed by atoms with Gasteiger partial charge in [0.15, 0.2) is 0 Å². The highest BCUT2D eigenvalue weighted by atomic mass is 79.9. The quantitative estimate of drug-likeness (QED) is 0.419. The molecule has 0 radical (unpaired) electrons. The smallest absolute Gasteiger partial charge is 0.329 e. The third-order valence-corrected chi connectivity index (χ3v) is 5.18. The van der Waals surface area contributed by atoms with Crippen molar-refractivity contribution in [3.8, 4) is 11.5 Å². The van der Waals surface area contributed by atoms with Gasteiger partial charge in [0.05, 0.1) is 17.7 Å². The Morgan fingerprint density at radius 2 is 1.75 bits per heavy atom. The SMILES string of the molecule is CCOc1cc(OCC)c(/C=C2/NC(=O)N(CC(=O)Nc3ccc(C)cc3)C2=O)cc1Br. The summed E-state index contributed by atoms with van der Waals surface area (Å²) in [6, 6.07) is 10.0. The third kappa shape index (κ3) is 5.47. The van der Waals surface area contributed by atoms with E-state index in [0.717, 1.165) is 10.5 Å². The summed E-state index contributed by atoms with van der Waals surface area (Å²) in [5.41, 5.74) is 2.27. The molecule has 2 aromatic carbocycles. The number of ether oxygens (including phenoxy) is 2. The zero-order valence-electron chi connectivity index (χ0n) is 18.0. The standard InChI is InChI=1S/C23H24BrN3O5/c1-4-31-19-12-20(32-5-2)17(24)10-15(19)11-18-22(29)27(23(30)26-18)13-21(28)25-16-8-6-14(3)7-9-16/h6-12H,4-5,13H2,1-3H3,(H,25,28)(H,26,30)/b18-11+. The molecule has 0 aliphatic carbocycles. The van der Waals surface area contributed by atoms with Crippen molar-refractivity contribution in [3.05, 3.63) is 57.7 Å². The average Bonchev–Trinajstić information content (AvgIpc) is 3.00. The number of benzene rings is 2. The molecule has 32 heavy (non-hydrogen) atoms. The fourth-order valence-corrected chi connectivity index (χ4v) is 3.54. The van der Waals surface area contributed by atoms with Gasteiger partial charge in [-0.3, -0.25) is 9.59 Å². The Hall–Kier alpha value is -3.33. The second-order valence-corrected chi connectivity index (χ2v) is 7.83. The lowest BCUT2D eigenvalue weighted by Crippen LogP contribution is -2.38. The summed E-state index contributed by atoms with van der Waals surface area (Å²) < 4.78 is 11.9. The molecule has 1 aliphatic heterocycles. The molecule has 0 saturated carbocycles. The fraction of sp³-hybridized carbons (Fsp3) is 0.261. The van der Waals surface area contributed by atoms with E-state index >= 15 is 0 Å². The van der Waals surface area contributed by atoms with Gasteiger partial charge in [0.2, 0.25) is 5.91 Å². The maximum atomic E-state index is 12.8. The van der Waals surface area contributed by atoms with Gasteiger partial charge >= 0.3 is 6.03 Å². The van der Waals surface area contributed by atoms with Gasteiger partial charge in [-0.1, -0.05) is 17.7 Å². The molecule has 2 aromatic rings. The molecule has 1 aliphatic rings. The summed E-state index contributed by atoms with van der Waals surface area (Å²) in [5.74, 6) is 0.0393. The molecule has 9 heteroatoms. The first-order chi connectivity index (χ1) is 15.3. The van der Waals surface area contributed by atoms with Crippen LogP contribution >= 0.6 is 15.9 Å². The van der Waals surface area contributed by atoms with E-state index in [9.17, 15) is 14.4 Å². The van der Waals surface area contributed by atoms with Crippen LogP contribution in [-0.4, -0.2) is 42.5 Å². The van der Waals surface area contributed by atoms with Gasteiger partial charge in [-0.05, 0) is 61.0 Å². The Balaban J connectivity index is 1.78. The molecule has 0 aromatic heterocycles. The van der Waals surface area contributed by atoms with E-state index < -0.39 is 24.4 Å². The number of carbonyl (C=O) groups is 3. The third-order valence-electron chi connectivity index (χ3n) is 4.56. The zero-order chi connectivity index (χ0) is 23.3. The first-order valence-corrected chi connectivity index (χ1v) is 10.9. The number of imide groups is 1. The van der Waals surface area contributed by atoms with Crippen LogP contribution in [0.5, 0.6) is 11.5 Å². The molecule has 0 spiro atoms. The van der Waals surface area contributed by atoms with E-state index in [2.05, 4.69) is 26.6 Å². The minimum Gasteiger partial charge on any atom is -0.493 e. The first kappa shape index (κ1) is 23.3. The van der Waals surface area contributed by atoms with E-state index in [4.69, 9.17) is 9.47 Å². The largest absolute Gasteiger partial charge is 0.493 e. The minimum atomic E-state index is -0.664. The van der Waals surface area contributed by atoms with Gasteiger partial charge in [0.1, 0.15) is 23.7 Å². The monoisotopic (exact) mass is 501 g/mol. The van der Waals surface area contributed by atoms with Crippen LogP contribution in [0.3, 0.4) is 0 Å². The number of halogens is 1. The van der Waals surface area contributed by atoms with Gasteiger partial charge < -0.3 is 20.1 Å². The summed E-state index contributed by atoms with van der Waals surface area (Å²) in [4.78, 5) is 38.3. The van der Waals surface area contributed by atoms with Crippen molar-refractivity contribution in [1.82, 2.24) is 10.2 Å². The van der Waals surface area contributed by atoms with Crippen LogP contribution in [0.2, 0.25) is 0 Å². The van der Waals surface area contributed by atoms with E-state index in [-0.39, 0.29) is 5.70 Å². The van der Waals surface area contributed by atoms with Crippen LogP contribution in [-0.2, 0) is 9.59 Å². The lowest BCUT2D eigenvalue weighted by molar-refractivity contribution is -0.127. The average molecular weight is 502 g/mol. The predicted octanol–water partition coefficient (Wildman–Crippen LogP) is 4.09. The van der Waals surface area contributed by atoms with Crippen LogP contribution in [0, 0.1) is 6.92 Å². The Morgan fingerprint density at radius 1 is 1.09 bits per heavy atom.